The normalized spacial score (nSPS) is 23.7. The predicted octanol–water partition coefficient (Wildman–Crippen LogP) is 4.23. The van der Waals surface area contributed by atoms with Gasteiger partial charge < -0.3 is 10.2 Å². The van der Waals surface area contributed by atoms with Gasteiger partial charge in [0, 0.05) is 18.1 Å². The van der Waals surface area contributed by atoms with E-state index in [4.69, 9.17) is 11.6 Å². The number of amides is 2. The van der Waals surface area contributed by atoms with Crippen molar-refractivity contribution in [1.29, 1.82) is 0 Å². The van der Waals surface area contributed by atoms with Crippen LogP contribution in [0.25, 0.3) is 0 Å². The van der Waals surface area contributed by atoms with Crippen molar-refractivity contribution in [2.24, 2.45) is 11.8 Å². The summed E-state index contributed by atoms with van der Waals surface area (Å²) in [6, 6.07) is 8.11. The van der Waals surface area contributed by atoms with E-state index in [-0.39, 0.29) is 12.1 Å². The fourth-order valence-electron chi connectivity index (χ4n) is 3.26. The minimum atomic E-state index is 0.0891. The van der Waals surface area contributed by atoms with E-state index in [0.29, 0.717) is 11.8 Å². The number of nitrogens with zero attached hydrogens (tertiary/aromatic N) is 1. The van der Waals surface area contributed by atoms with Crippen molar-refractivity contribution in [1.82, 2.24) is 10.2 Å². The van der Waals surface area contributed by atoms with Crippen molar-refractivity contribution in [2.75, 3.05) is 13.1 Å². The van der Waals surface area contributed by atoms with Crippen LogP contribution in [0.3, 0.4) is 0 Å². The van der Waals surface area contributed by atoms with E-state index in [1.807, 2.05) is 29.2 Å². The van der Waals surface area contributed by atoms with Crippen molar-refractivity contribution in [3.63, 3.8) is 0 Å². The summed E-state index contributed by atoms with van der Waals surface area (Å²) in [5.41, 5.74) is 1.17. The summed E-state index contributed by atoms with van der Waals surface area (Å²) in [6.07, 6.45) is 4.78. The number of urea groups is 1. The molecule has 1 aliphatic heterocycles. The first kappa shape index (κ1) is 14.7. The molecular weight excluding hydrogens is 284 g/mol. The lowest BCUT2D eigenvalue weighted by atomic mass is 9.77. The molecule has 1 aliphatic carbocycles. The molecule has 3 nitrogen and oxygen atoms in total. The summed E-state index contributed by atoms with van der Waals surface area (Å²) in [6.45, 7) is 3.96. The van der Waals surface area contributed by atoms with Gasteiger partial charge in [-0.2, -0.15) is 0 Å². The minimum absolute atomic E-state index is 0.0891. The summed E-state index contributed by atoms with van der Waals surface area (Å²) in [5, 5.41) is 4.00. The molecule has 2 aliphatic rings. The molecule has 0 bridgehead atoms. The topological polar surface area (TPSA) is 32.3 Å². The number of carbonyl (C=O) groups is 1. The molecule has 1 heterocycles. The first-order valence-electron chi connectivity index (χ1n) is 7.94. The molecule has 1 saturated carbocycles. The quantitative estimate of drug-likeness (QED) is 0.890. The molecule has 4 heteroatoms. The minimum Gasteiger partial charge on any atom is -0.331 e. The van der Waals surface area contributed by atoms with Crippen LogP contribution in [0.2, 0.25) is 5.02 Å². The van der Waals surface area contributed by atoms with Gasteiger partial charge in [-0.05, 0) is 48.8 Å². The van der Waals surface area contributed by atoms with E-state index in [2.05, 4.69) is 12.2 Å². The lowest BCUT2D eigenvalue weighted by Crippen LogP contribution is -2.43. The zero-order chi connectivity index (χ0) is 14.8. The maximum atomic E-state index is 12.5. The van der Waals surface area contributed by atoms with Gasteiger partial charge in [-0.15, -0.1) is 0 Å². The van der Waals surface area contributed by atoms with Gasteiger partial charge in [0.15, 0.2) is 0 Å². The number of likely N-dealkylation sites (tertiary alicyclic amines) is 1. The Bertz CT molecular complexity index is 498. The highest BCUT2D eigenvalue weighted by atomic mass is 35.5. The van der Waals surface area contributed by atoms with Gasteiger partial charge in [0.2, 0.25) is 0 Å². The third kappa shape index (κ3) is 3.34. The molecule has 0 spiro atoms. The van der Waals surface area contributed by atoms with Gasteiger partial charge >= 0.3 is 6.03 Å². The largest absolute Gasteiger partial charge is 0.331 e. The first-order valence-corrected chi connectivity index (χ1v) is 8.32. The van der Waals surface area contributed by atoms with Crippen LogP contribution in [0, 0.1) is 11.8 Å². The van der Waals surface area contributed by atoms with Crippen molar-refractivity contribution >= 4 is 17.6 Å². The van der Waals surface area contributed by atoms with Gasteiger partial charge in [0.25, 0.3) is 0 Å². The second kappa shape index (κ2) is 6.27. The van der Waals surface area contributed by atoms with Gasteiger partial charge in [-0.25, -0.2) is 4.79 Å². The van der Waals surface area contributed by atoms with E-state index in [1.165, 1.54) is 24.8 Å². The number of halogens is 1. The van der Waals surface area contributed by atoms with Gasteiger partial charge in [-0.3, -0.25) is 0 Å². The fourth-order valence-corrected chi connectivity index (χ4v) is 3.39. The molecule has 1 N–H and O–H groups in total. The number of nitrogens with one attached hydrogen (secondary N) is 1. The average molecular weight is 307 g/mol. The SMILES string of the molecule is CC1CCN(C(=O)NC(c2ccc(Cl)cc2)C2CCC2)C1. The number of carbonyl (C=O) groups excluding carboxylic acids is 1. The first-order chi connectivity index (χ1) is 10.1. The molecule has 3 rings (SSSR count). The third-order valence-corrected chi connectivity index (χ3v) is 5.09. The van der Waals surface area contributed by atoms with Crippen molar-refractivity contribution in [3.8, 4) is 0 Å². The molecule has 1 aromatic carbocycles. The molecule has 114 valence electrons. The smallest absolute Gasteiger partial charge is 0.317 e. The van der Waals surface area contributed by atoms with Gasteiger partial charge in [0.1, 0.15) is 0 Å². The molecule has 2 atom stereocenters. The fraction of sp³-hybridized carbons (Fsp3) is 0.588. The Kier molecular flexibility index (Phi) is 4.39. The Morgan fingerprint density at radius 2 is 2.00 bits per heavy atom. The van der Waals surface area contributed by atoms with Crippen LogP contribution in [0.5, 0.6) is 0 Å². The number of hydrogen-bond donors (Lipinski definition) is 1. The van der Waals surface area contributed by atoms with Crippen LogP contribution < -0.4 is 5.32 Å². The summed E-state index contributed by atoms with van der Waals surface area (Å²) < 4.78 is 0. The Morgan fingerprint density at radius 1 is 1.29 bits per heavy atom. The van der Waals surface area contributed by atoms with Crippen LogP contribution in [0.4, 0.5) is 4.79 Å². The average Bonchev–Trinajstić information content (AvgIpc) is 2.83. The van der Waals surface area contributed by atoms with E-state index in [1.54, 1.807) is 0 Å². The zero-order valence-corrected chi connectivity index (χ0v) is 13.3. The molecule has 21 heavy (non-hydrogen) atoms. The molecule has 0 aromatic heterocycles. The summed E-state index contributed by atoms with van der Waals surface area (Å²) >= 11 is 5.97. The number of rotatable bonds is 3. The number of benzene rings is 1. The highest BCUT2D eigenvalue weighted by molar-refractivity contribution is 6.30. The maximum Gasteiger partial charge on any atom is 0.317 e. The Morgan fingerprint density at radius 3 is 2.52 bits per heavy atom. The standard InChI is InChI=1S/C17H23ClN2O/c1-12-9-10-20(11-12)17(21)19-16(13-3-2-4-13)14-5-7-15(18)8-6-14/h5-8,12-13,16H,2-4,9-11H2,1H3,(H,19,21). The summed E-state index contributed by atoms with van der Waals surface area (Å²) in [7, 11) is 0. The maximum absolute atomic E-state index is 12.5. The van der Waals surface area contributed by atoms with Crippen LogP contribution in [-0.4, -0.2) is 24.0 Å². The van der Waals surface area contributed by atoms with E-state index in [9.17, 15) is 4.79 Å². The second-order valence-corrected chi connectivity index (χ2v) is 6.95. The molecule has 2 unspecified atom stereocenters. The second-order valence-electron chi connectivity index (χ2n) is 6.51. The summed E-state index contributed by atoms with van der Waals surface area (Å²) in [4.78, 5) is 14.4. The summed E-state index contributed by atoms with van der Waals surface area (Å²) in [5.74, 6) is 1.18. The lowest BCUT2D eigenvalue weighted by molar-refractivity contribution is 0.182. The highest BCUT2D eigenvalue weighted by Crippen LogP contribution is 2.38. The molecule has 0 radical (unpaired) electrons. The van der Waals surface area contributed by atoms with Crippen LogP contribution in [0.1, 0.15) is 44.2 Å². The molecule has 2 amide bonds. The van der Waals surface area contributed by atoms with Crippen molar-refractivity contribution in [2.45, 2.75) is 38.6 Å². The molecule has 1 saturated heterocycles. The van der Waals surface area contributed by atoms with Crippen molar-refractivity contribution < 1.29 is 4.79 Å². The van der Waals surface area contributed by atoms with Crippen LogP contribution in [-0.2, 0) is 0 Å². The predicted molar refractivity (Wildman–Crippen MR) is 85.4 cm³/mol. The van der Waals surface area contributed by atoms with E-state index in [0.717, 1.165) is 24.5 Å². The van der Waals surface area contributed by atoms with Gasteiger partial charge in [0.05, 0.1) is 6.04 Å². The lowest BCUT2D eigenvalue weighted by Gasteiger charge is -2.35. The number of hydrogen-bond acceptors (Lipinski definition) is 1. The van der Waals surface area contributed by atoms with Gasteiger partial charge in [-0.1, -0.05) is 37.1 Å². The monoisotopic (exact) mass is 306 g/mol. The molecule has 1 aromatic rings. The Hall–Kier alpha value is -1.22. The Labute approximate surface area is 131 Å². The van der Waals surface area contributed by atoms with Crippen LogP contribution in [0.15, 0.2) is 24.3 Å². The molecular formula is C17H23ClN2O. The van der Waals surface area contributed by atoms with E-state index >= 15 is 0 Å². The van der Waals surface area contributed by atoms with E-state index < -0.39 is 0 Å². The molecule has 2 fully saturated rings. The zero-order valence-electron chi connectivity index (χ0n) is 12.5. The van der Waals surface area contributed by atoms with Crippen molar-refractivity contribution in [3.05, 3.63) is 34.9 Å². The highest BCUT2D eigenvalue weighted by Gasteiger charge is 2.32. The Balaban J connectivity index is 1.70. The van der Waals surface area contributed by atoms with Crippen LogP contribution >= 0.6 is 11.6 Å². The third-order valence-electron chi connectivity index (χ3n) is 4.84.